The molecule has 1 aliphatic rings. The van der Waals surface area contributed by atoms with Crippen molar-refractivity contribution in [2.75, 3.05) is 17.6 Å². The van der Waals surface area contributed by atoms with E-state index in [9.17, 15) is 9.18 Å². The lowest BCUT2D eigenvalue weighted by molar-refractivity contribution is -0.122. The van der Waals surface area contributed by atoms with E-state index >= 15 is 0 Å². The second-order valence-corrected chi connectivity index (χ2v) is 6.13. The molecule has 1 aromatic rings. The SMILES string of the molecule is CC1CCC(C)N(C(C)C(=O)Nc2cc(N)ccc2F)C1. The highest BCUT2D eigenvalue weighted by Gasteiger charge is 2.30. The van der Waals surface area contributed by atoms with Crippen LogP contribution in [-0.4, -0.2) is 29.4 Å². The Morgan fingerprint density at radius 3 is 2.86 bits per heavy atom. The van der Waals surface area contributed by atoms with Gasteiger partial charge in [0.05, 0.1) is 11.7 Å². The lowest BCUT2D eigenvalue weighted by Gasteiger charge is -2.40. The summed E-state index contributed by atoms with van der Waals surface area (Å²) in [6.07, 6.45) is 2.28. The van der Waals surface area contributed by atoms with Gasteiger partial charge in [0.25, 0.3) is 0 Å². The van der Waals surface area contributed by atoms with Crippen LogP contribution < -0.4 is 11.1 Å². The van der Waals surface area contributed by atoms with Gasteiger partial charge in [0.1, 0.15) is 5.82 Å². The first-order valence-corrected chi connectivity index (χ1v) is 7.50. The highest BCUT2D eigenvalue weighted by Crippen LogP contribution is 2.24. The third-order valence-corrected chi connectivity index (χ3v) is 4.29. The minimum Gasteiger partial charge on any atom is -0.399 e. The zero-order valence-electron chi connectivity index (χ0n) is 12.9. The van der Waals surface area contributed by atoms with Crippen LogP contribution in [0.4, 0.5) is 15.8 Å². The van der Waals surface area contributed by atoms with E-state index in [0.29, 0.717) is 17.6 Å². The van der Waals surface area contributed by atoms with Gasteiger partial charge in [-0.3, -0.25) is 9.69 Å². The van der Waals surface area contributed by atoms with Crippen molar-refractivity contribution in [2.45, 2.75) is 45.7 Å². The fourth-order valence-electron chi connectivity index (χ4n) is 2.89. The highest BCUT2D eigenvalue weighted by atomic mass is 19.1. The highest BCUT2D eigenvalue weighted by molar-refractivity contribution is 5.95. The largest absolute Gasteiger partial charge is 0.399 e. The summed E-state index contributed by atoms with van der Waals surface area (Å²) in [5.74, 6) is -0.0779. The summed E-state index contributed by atoms with van der Waals surface area (Å²) >= 11 is 0. The van der Waals surface area contributed by atoms with Crippen LogP contribution in [0.25, 0.3) is 0 Å². The number of nitrogens with two attached hydrogens (primary N) is 1. The molecule has 0 radical (unpaired) electrons. The number of halogens is 1. The molecule has 1 fully saturated rings. The number of carbonyl (C=O) groups is 1. The second kappa shape index (κ2) is 6.43. The Morgan fingerprint density at radius 1 is 1.43 bits per heavy atom. The molecule has 0 spiro atoms. The fraction of sp³-hybridized carbons (Fsp3) is 0.562. The second-order valence-electron chi connectivity index (χ2n) is 6.13. The maximum Gasteiger partial charge on any atom is 0.241 e. The molecule has 1 heterocycles. The average molecular weight is 293 g/mol. The van der Waals surface area contributed by atoms with Gasteiger partial charge in [-0.25, -0.2) is 4.39 Å². The standard InChI is InChI=1S/C16H24FN3O/c1-10-4-5-11(2)20(9-10)12(3)16(21)19-15-8-13(18)6-7-14(15)17/h6-8,10-12H,4-5,9,18H2,1-3H3,(H,19,21). The van der Waals surface area contributed by atoms with E-state index in [2.05, 4.69) is 24.1 Å². The van der Waals surface area contributed by atoms with E-state index in [1.54, 1.807) is 0 Å². The third-order valence-electron chi connectivity index (χ3n) is 4.29. The number of piperidine rings is 1. The minimum atomic E-state index is -0.468. The fourth-order valence-corrected chi connectivity index (χ4v) is 2.89. The molecule has 1 aliphatic heterocycles. The predicted octanol–water partition coefficient (Wildman–Crippen LogP) is 2.86. The molecular formula is C16H24FN3O. The van der Waals surface area contributed by atoms with E-state index in [4.69, 9.17) is 5.73 Å². The maximum absolute atomic E-state index is 13.7. The number of nitrogens with zero attached hydrogens (tertiary/aromatic N) is 1. The van der Waals surface area contributed by atoms with Gasteiger partial charge in [-0.1, -0.05) is 6.92 Å². The van der Waals surface area contributed by atoms with Gasteiger partial charge >= 0.3 is 0 Å². The van der Waals surface area contributed by atoms with E-state index in [0.717, 1.165) is 13.0 Å². The molecule has 3 atom stereocenters. The van der Waals surface area contributed by atoms with Crippen molar-refractivity contribution in [3.63, 3.8) is 0 Å². The number of benzene rings is 1. The number of amides is 1. The third kappa shape index (κ3) is 3.73. The molecule has 21 heavy (non-hydrogen) atoms. The van der Waals surface area contributed by atoms with Crippen molar-refractivity contribution in [3.8, 4) is 0 Å². The van der Waals surface area contributed by atoms with Crippen molar-refractivity contribution in [3.05, 3.63) is 24.0 Å². The minimum absolute atomic E-state index is 0.143. The van der Waals surface area contributed by atoms with Crippen LogP contribution in [0, 0.1) is 11.7 Å². The van der Waals surface area contributed by atoms with Gasteiger partial charge in [0, 0.05) is 18.3 Å². The first-order chi connectivity index (χ1) is 9.88. The molecule has 4 nitrogen and oxygen atoms in total. The molecule has 1 saturated heterocycles. The summed E-state index contributed by atoms with van der Waals surface area (Å²) in [5, 5.41) is 2.65. The van der Waals surface area contributed by atoms with Gasteiger partial charge in [0.15, 0.2) is 0 Å². The smallest absolute Gasteiger partial charge is 0.241 e. The molecule has 5 heteroatoms. The van der Waals surface area contributed by atoms with Crippen molar-refractivity contribution in [2.24, 2.45) is 5.92 Å². The summed E-state index contributed by atoms with van der Waals surface area (Å²) in [6, 6.07) is 4.27. The topological polar surface area (TPSA) is 58.4 Å². The number of anilines is 2. The van der Waals surface area contributed by atoms with Gasteiger partial charge in [0.2, 0.25) is 5.91 Å². The number of carbonyl (C=O) groups excluding carboxylic acids is 1. The van der Waals surface area contributed by atoms with Crippen LogP contribution in [0.3, 0.4) is 0 Å². The summed E-state index contributed by atoms with van der Waals surface area (Å²) in [4.78, 5) is 14.6. The monoisotopic (exact) mass is 293 g/mol. The Kier molecular flexibility index (Phi) is 4.83. The van der Waals surface area contributed by atoms with Crippen LogP contribution in [0.15, 0.2) is 18.2 Å². The molecule has 1 aromatic carbocycles. The Morgan fingerprint density at radius 2 is 2.14 bits per heavy atom. The summed E-state index contributed by atoms with van der Waals surface area (Å²) in [7, 11) is 0. The quantitative estimate of drug-likeness (QED) is 0.843. The number of hydrogen-bond acceptors (Lipinski definition) is 3. The normalized spacial score (nSPS) is 24.6. The number of rotatable bonds is 3. The van der Waals surface area contributed by atoms with Gasteiger partial charge in [-0.2, -0.15) is 0 Å². The molecule has 0 aromatic heterocycles. The summed E-state index contributed by atoms with van der Waals surface area (Å²) in [5.41, 5.74) is 6.21. The van der Waals surface area contributed by atoms with Gasteiger partial charge < -0.3 is 11.1 Å². The lowest BCUT2D eigenvalue weighted by Crippen LogP contribution is -2.50. The Hall–Kier alpha value is -1.62. The van der Waals surface area contributed by atoms with Gasteiger partial charge in [-0.15, -0.1) is 0 Å². The van der Waals surface area contributed by atoms with Gasteiger partial charge in [-0.05, 0) is 50.8 Å². The number of nitrogen functional groups attached to an aromatic ring is 1. The molecule has 0 aliphatic carbocycles. The van der Waals surface area contributed by atoms with Crippen LogP contribution in [-0.2, 0) is 4.79 Å². The van der Waals surface area contributed by atoms with E-state index < -0.39 is 5.82 Å². The summed E-state index contributed by atoms with van der Waals surface area (Å²) < 4.78 is 13.7. The maximum atomic E-state index is 13.7. The van der Waals surface area contributed by atoms with Crippen molar-refractivity contribution < 1.29 is 9.18 Å². The first-order valence-electron chi connectivity index (χ1n) is 7.50. The van der Waals surface area contributed by atoms with Crippen molar-refractivity contribution in [1.29, 1.82) is 0 Å². The molecule has 3 N–H and O–H groups in total. The zero-order chi connectivity index (χ0) is 15.6. The Balaban J connectivity index is 2.06. The molecule has 3 unspecified atom stereocenters. The number of likely N-dealkylation sites (tertiary alicyclic amines) is 1. The first kappa shape index (κ1) is 15.8. The Labute approximate surface area is 125 Å². The molecular weight excluding hydrogens is 269 g/mol. The predicted molar refractivity (Wildman–Crippen MR) is 83.5 cm³/mol. The molecule has 2 rings (SSSR count). The zero-order valence-corrected chi connectivity index (χ0v) is 12.9. The summed E-state index contributed by atoms with van der Waals surface area (Å²) in [6.45, 7) is 7.10. The number of hydrogen-bond donors (Lipinski definition) is 2. The van der Waals surface area contributed by atoms with Crippen molar-refractivity contribution >= 4 is 17.3 Å². The lowest BCUT2D eigenvalue weighted by atomic mass is 9.93. The average Bonchev–Trinajstić information content (AvgIpc) is 2.44. The molecule has 0 bridgehead atoms. The molecule has 1 amide bonds. The molecule has 116 valence electrons. The van der Waals surface area contributed by atoms with E-state index in [1.165, 1.54) is 24.6 Å². The number of nitrogens with one attached hydrogen (secondary N) is 1. The molecule has 0 saturated carbocycles. The Bertz CT molecular complexity index is 520. The van der Waals surface area contributed by atoms with Crippen LogP contribution in [0.2, 0.25) is 0 Å². The van der Waals surface area contributed by atoms with E-state index in [1.807, 2.05) is 6.92 Å². The van der Waals surface area contributed by atoms with Crippen LogP contribution in [0.5, 0.6) is 0 Å². The van der Waals surface area contributed by atoms with E-state index in [-0.39, 0.29) is 17.6 Å². The van der Waals surface area contributed by atoms with Crippen molar-refractivity contribution in [1.82, 2.24) is 4.90 Å². The van der Waals surface area contributed by atoms with Crippen LogP contribution in [0.1, 0.15) is 33.6 Å². The van der Waals surface area contributed by atoms with Crippen LogP contribution >= 0.6 is 0 Å².